The zero-order chi connectivity index (χ0) is 16.3. The van der Waals surface area contributed by atoms with Crippen molar-refractivity contribution in [2.45, 2.75) is 32.4 Å². The summed E-state index contributed by atoms with van der Waals surface area (Å²) in [6, 6.07) is 0. The van der Waals surface area contributed by atoms with Gasteiger partial charge in [0.05, 0.1) is 5.75 Å². The van der Waals surface area contributed by atoms with Crippen LogP contribution < -0.4 is 4.72 Å². The number of carbonyl (C=O) groups is 2. The first-order valence-corrected chi connectivity index (χ1v) is 8.11. The van der Waals surface area contributed by atoms with Gasteiger partial charge in [0, 0.05) is 6.54 Å². The van der Waals surface area contributed by atoms with Gasteiger partial charge in [-0.3, -0.25) is 14.3 Å². The van der Waals surface area contributed by atoms with Gasteiger partial charge in [0.2, 0.25) is 15.9 Å². The summed E-state index contributed by atoms with van der Waals surface area (Å²) in [5, 5.41) is 0. The predicted molar refractivity (Wildman–Crippen MR) is 67.6 cm³/mol. The highest BCUT2D eigenvalue weighted by atomic mass is 32.2. The number of alkyl halides is 3. The quantitative estimate of drug-likeness (QED) is 0.802. The van der Waals surface area contributed by atoms with E-state index in [9.17, 15) is 31.2 Å². The molecule has 21 heavy (non-hydrogen) atoms. The number of nitrogens with one attached hydrogen (secondary N) is 1. The molecule has 1 saturated heterocycles. The van der Waals surface area contributed by atoms with Crippen molar-refractivity contribution >= 4 is 21.8 Å². The van der Waals surface area contributed by atoms with Crippen molar-refractivity contribution in [1.29, 1.82) is 0 Å². The molecule has 0 aromatic heterocycles. The number of nitrogens with zero attached hydrogens (tertiary/aromatic N) is 1. The summed E-state index contributed by atoms with van der Waals surface area (Å²) in [6.45, 7) is 0.923. The molecule has 1 unspecified atom stereocenters. The number of rotatable bonds is 5. The molecule has 6 nitrogen and oxygen atoms in total. The van der Waals surface area contributed by atoms with Crippen LogP contribution in [0.4, 0.5) is 13.2 Å². The van der Waals surface area contributed by atoms with Gasteiger partial charge in [-0.25, -0.2) is 8.42 Å². The molecule has 0 spiro atoms. The molecule has 2 amide bonds. The molecule has 0 bridgehead atoms. The van der Waals surface area contributed by atoms with Crippen molar-refractivity contribution in [1.82, 2.24) is 9.62 Å². The average molecular weight is 330 g/mol. The van der Waals surface area contributed by atoms with Crippen LogP contribution in [0.3, 0.4) is 0 Å². The minimum Gasteiger partial charge on any atom is -0.333 e. The molecule has 1 fully saturated rings. The summed E-state index contributed by atoms with van der Waals surface area (Å²) >= 11 is 0. The van der Waals surface area contributed by atoms with Crippen LogP contribution in [0.15, 0.2) is 0 Å². The Hall–Kier alpha value is -1.32. The Labute approximate surface area is 120 Å². The molecule has 0 aromatic carbocycles. The molecule has 1 aliphatic rings. The van der Waals surface area contributed by atoms with E-state index in [1.807, 2.05) is 0 Å². The van der Waals surface area contributed by atoms with E-state index in [1.54, 1.807) is 11.6 Å². The van der Waals surface area contributed by atoms with Crippen molar-refractivity contribution in [3.8, 4) is 0 Å². The number of sulfonamides is 1. The van der Waals surface area contributed by atoms with Gasteiger partial charge in [-0.05, 0) is 19.3 Å². The van der Waals surface area contributed by atoms with E-state index in [0.717, 1.165) is 4.90 Å². The minimum absolute atomic E-state index is 0.00661. The third-order valence-electron chi connectivity index (χ3n) is 3.00. The van der Waals surface area contributed by atoms with E-state index in [0.29, 0.717) is 6.42 Å². The van der Waals surface area contributed by atoms with Crippen LogP contribution in [-0.4, -0.2) is 50.2 Å². The van der Waals surface area contributed by atoms with Gasteiger partial charge in [-0.15, -0.1) is 0 Å². The van der Waals surface area contributed by atoms with Crippen LogP contribution in [0.25, 0.3) is 0 Å². The van der Waals surface area contributed by atoms with Crippen molar-refractivity contribution in [2.75, 3.05) is 18.8 Å². The van der Waals surface area contributed by atoms with Crippen molar-refractivity contribution in [2.24, 2.45) is 5.92 Å². The summed E-state index contributed by atoms with van der Waals surface area (Å²) in [5.41, 5.74) is 0. The fourth-order valence-corrected chi connectivity index (χ4v) is 3.15. The summed E-state index contributed by atoms with van der Waals surface area (Å²) in [5.74, 6) is -4.57. The fraction of sp³-hybridized carbons (Fsp3) is 0.818. The number of likely N-dealkylation sites (tertiary alicyclic amines) is 1. The maximum atomic E-state index is 12.6. The number of carbonyl (C=O) groups excluding carboxylic acids is 2. The Morgan fingerprint density at radius 2 is 2.05 bits per heavy atom. The van der Waals surface area contributed by atoms with Gasteiger partial charge < -0.3 is 4.90 Å². The molecule has 0 aromatic rings. The lowest BCUT2D eigenvalue weighted by Gasteiger charge is -2.32. The Bertz CT molecular complexity index is 504. The monoisotopic (exact) mass is 330 g/mol. The number of amides is 2. The summed E-state index contributed by atoms with van der Waals surface area (Å²) < 4.78 is 62.4. The zero-order valence-electron chi connectivity index (χ0n) is 11.4. The third-order valence-corrected chi connectivity index (χ3v) is 4.49. The Morgan fingerprint density at radius 1 is 1.43 bits per heavy atom. The second-order valence-electron chi connectivity index (χ2n) is 4.84. The topological polar surface area (TPSA) is 83.6 Å². The predicted octanol–water partition coefficient (Wildman–Crippen LogP) is 0.643. The van der Waals surface area contributed by atoms with E-state index in [2.05, 4.69) is 0 Å². The summed E-state index contributed by atoms with van der Waals surface area (Å²) in [7, 11) is -3.80. The molecule has 1 aliphatic heterocycles. The second kappa shape index (κ2) is 6.63. The lowest BCUT2D eigenvalue weighted by atomic mass is 9.96. The van der Waals surface area contributed by atoms with Crippen molar-refractivity contribution < 1.29 is 31.2 Å². The van der Waals surface area contributed by atoms with Crippen LogP contribution in [0.1, 0.15) is 26.2 Å². The maximum Gasteiger partial charge on any atom is 0.400 e. The highest BCUT2D eigenvalue weighted by Crippen LogP contribution is 2.33. The number of halogens is 3. The first-order valence-electron chi connectivity index (χ1n) is 6.45. The van der Waals surface area contributed by atoms with E-state index >= 15 is 0 Å². The standard InChI is InChI=1S/C11H17F3N2O4S/c1-2-6-21(19,20)15-9(17)7-16-5-3-4-8(10(16)18)11(12,13)14/h8H,2-7H2,1H3,(H,15,17). The Kier molecular flexibility index (Phi) is 5.60. The molecule has 0 aliphatic carbocycles. The molecule has 1 rings (SSSR count). The molecular weight excluding hydrogens is 313 g/mol. The lowest BCUT2D eigenvalue weighted by molar-refractivity contribution is -0.195. The van der Waals surface area contributed by atoms with Crippen molar-refractivity contribution in [3.05, 3.63) is 0 Å². The molecule has 10 heteroatoms. The molecule has 122 valence electrons. The maximum absolute atomic E-state index is 12.6. The number of hydrogen-bond acceptors (Lipinski definition) is 4. The molecule has 1 atom stereocenters. The van der Waals surface area contributed by atoms with Crippen LogP contribution in [0.5, 0.6) is 0 Å². The molecular formula is C11H17F3N2O4S. The van der Waals surface area contributed by atoms with Gasteiger partial charge in [0.1, 0.15) is 12.5 Å². The van der Waals surface area contributed by atoms with Gasteiger partial charge in [0.15, 0.2) is 0 Å². The average Bonchev–Trinajstić information content (AvgIpc) is 2.29. The van der Waals surface area contributed by atoms with Crippen LogP contribution in [0.2, 0.25) is 0 Å². The van der Waals surface area contributed by atoms with Gasteiger partial charge >= 0.3 is 6.18 Å². The molecule has 0 saturated carbocycles. The van der Waals surface area contributed by atoms with E-state index in [4.69, 9.17) is 0 Å². The summed E-state index contributed by atoms with van der Waals surface area (Å²) in [4.78, 5) is 24.0. The van der Waals surface area contributed by atoms with Crippen LogP contribution in [0, 0.1) is 5.92 Å². The van der Waals surface area contributed by atoms with E-state index in [-0.39, 0.29) is 25.1 Å². The zero-order valence-corrected chi connectivity index (χ0v) is 12.3. The molecule has 0 radical (unpaired) electrons. The Balaban J connectivity index is 2.66. The first-order chi connectivity index (χ1) is 9.57. The highest BCUT2D eigenvalue weighted by molar-refractivity contribution is 7.90. The molecule has 1 N–H and O–H groups in total. The lowest BCUT2D eigenvalue weighted by Crippen LogP contribution is -2.50. The van der Waals surface area contributed by atoms with Gasteiger partial charge in [-0.2, -0.15) is 13.2 Å². The van der Waals surface area contributed by atoms with Gasteiger partial charge in [0.25, 0.3) is 5.91 Å². The van der Waals surface area contributed by atoms with E-state index < -0.39 is 40.5 Å². The normalized spacial score (nSPS) is 20.5. The van der Waals surface area contributed by atoms with E-state index in [1.165, 1.54) is 0 Å². The Morgan fingerprint density at radius 3 is 2.57 bits per heavy atom. The molecule has 1 heterocycles. The van der Waals surface area contributed by atoms with Crippen molar-refractivity contribution in [3.63, 3.8) is 0 Å². The van der Waals surface area contributed by atoms with Crippen LogP contribution in [-0.2, 0) is 19.6 Å². The van der Waals surface area contributed by atoms with Gasteiger partial charge in [-0.1, -0.05) is 6.92 Å². The number of piperidine rings is 1. The third kappa shape index (κ3) is 5.18. The highest BCUT2D eigenvalue weighted by Gasteiger charge is 2.48. The smallest absolute Gasteiger partial charge is 0.333 e. The minimum atomic E-state index is -4.65. The first kappa shape index (κ1) is 17.7. The SMILES string of the molecule is CCCS(=O)(=O)NC(=O)CN1CCCC(C(F)(F)F)C1=O. The summed E-state index contributed by atoms with van der Waals surface area (Å²) in [6.07, 6.45) is -4.55. The fourth-order valence-electron chi connectivity index (χ4n) is 2.10. The largest absolute Gasteiger partial charge is 0.400 e. The van der Waals surface area contributed by atoms with Crippen LogP contribution >= 0.6 is 0 Å². The second-order valence-corrected chi connectivity index (χ2v) is 6.68. The number of hydrogen-bond donors (Lipinski definition) is 1.